The molecule has 2 aromatic rings. The largest absolute Gasteiger partial charge is 0.267 e. The highest BCUT2D eigenvalue weighted by Gasteiger charge is 2.48. The predicted molar refractivity (Wildman–Crippen MR) is 325 cm³/mol. The molecule has 0 spiro atoms. The van der Waals surface area contributed by atoms with Crippen LogP contribution in [0, 0.1) is 0 Å². The predicted octanol–water partition coefficient (Wildman–Crippen LogP) is 16.7. The summed E-state index contributed by atoms with van der Waals surface area (Å²) in [5.41, 5.74) is 10.9. The Kier molecular flexibility index (Phi) is 18.2. The quantitative estimate of drug-likeness (QED) is 0.116. The minimum Gasteiger partial charge on any atom is -0.122 e. The third kappa shape index (κ3) is 14.9. The second kappa shape index (κ2) is 19.7. The summed E-state index contributed by atoms with van der Waals surface area (Å²) >= 11 is 0.178. The van der Waals surface area contributed by atoms with E-state index >= 15 is 0 Å². The van der Waals surface area contributed by atoms with E-state index in [-0.39, 0.29) is 41.3 Å². The van der Waals surface area contributed by atoms with Crippen molar-refractivity contribution in [3.8, 4) is 0 Å². The molecule has 0 atom stereocenters. The zero-order valence-electron chi connectivity index (χ0n) is 48.2. The lowest BCUT2D eigenvalue weighted by molar-refractivity contribution is 0.577. The van der Waals surface area contributed by atoms with Crippen LogP contribution >= 0.6 is 0 Å². The van der Waals surface area contributed by atoms with E-state index in [2.05, 4.69) is 247 Å². The van der Waals surface area contributed by atoms with Crippen molar-refractivity contribution in [2.24, 2.45) is 0 Å². The summed E-state index contributed by atoms with van der Waals surface area (Å²) in [6.45, 7) is 79.6. The number of allylic oxidation sites excluding steroid dienone is 4. The summed E-state index contributed by atoms with van der Waals surface area (Å²) in [5.74, 6) is 0. The summed E-state index contributed by atoms with van der Waals surface area (Å²) in [4.78, 5) is 0. The Morgan fingerprint density at radius 1 is 0.312 bits per heavy atom. The Labute approximate surface area is 421 Å². The molecule has 0 saturated heterocycles. The molecule has 0 aliphatic heterocycles. The Balaban J connectivity index is 2.30. The van der Waals surface area contributed by atoms with Gasteiger partial charge >= 0.3 is 0 Å². The highest BCUT2D eigenvalue weighted by Crippen LogP contribution is 2.49. The number of hydrogen-bond donors (Lipinski definition) is 0. The topological polar surface area (TPSA) is 0 Å². The third-order valence-electron chi connectivity index (χ3n) is 14.0. The molecular weight excluding hydrogens is 927 g/mol. The smallest absolute Gasteiger partial charge is 0.122 e. The van der Waals surface area contributed by atoms with Gasteiger partial charge in [0.1, 0.15) is 0 Å². The second-order valence-electron chi connectivity index (χ2n) is 31.6. The normalized spacial score (nSPS) is 18.0. The first kappa shape index (κ1) is 59.0. The van der Waals surface area contributed by atoms with Crippen molar-refractivity contribution in [1.82, 2.24) is 0 Å². The van der Waals surface area contributed by atoms with Crippen molar-refractivity contribution in [2.45, 2.75) is 240 Å². The average Bonchev–Trinajstić information content (AvgIpc) is 2.94. The van der Waals surface area contributed by atoms with E-state index < -0.39 is 64.6 Å². The van der Waals surface area contributed by atoms with Gasteiger partial charge in [0.05, 0.1) is 0 Å². The summed E-state index contributed by atoms with van der Waals surface area (Å²) in [6, 6.07) is 11.3. The average molecular weight is 1030 g/mol. The molecule has 358 valence electrons. The maximum Gasteiger partial charge on any atom is 0.267 e. The minimum absolute atomic E-state index is 0.0892. The molecule has 10 heteroatoms. The SMILES string of the molecule is CC(C)(C)c1c(C([Si](C)(C)C)[Si](C)(C)C)c[c]([Al][CH]2C=C[CH]([Al][c]3cc(C([Si](C)(C)C)[Si](C)(C)C)c(C(C)(C)C)c(C([Si](C)(C)C)[Si](C)(C)C)c3)C=C2)cc1C([Si](C)(C)C)[Si](C)(C)C. The zero-order chi connectivity index (χ0) is 50.2. The van der Waals surface area contributed by atoms with Crippen molar-refractivity contribution in [1.29, 1.82) is 0 Å². The van der Waals surface area contributed by atoms with Crippen LogP contribution in [-0.4, -0.2) is 95.0 Å². The third-order valence-corrected chi connectivity index (χ3v) is 54.2. The molecule has 2 radical (unpaired) electrons. The molecule has 1 aliphatic rings. The fourth-order valence-electron chi connectivity index (χ4n) is 14.5. The lowest BCUT2D eigenvalue weighted by Crippen LogP contribution is -2.50. The van der Waals surface area contributed by atoms with Gasteiger partial charge in [-0.1, -0.05) is 257 Å². The lowest BCUT2D eigenvalue weighted by atomic mass is 9.81. The second-order valence-corrected chi connectivity index (χ2v) is 79.9. The molecule has 3 rings (SSSR count). The molecule has 0 amide bonds. The fourth-order valence-corrected chi connectivity index (χ4v) is 68.3. The van der Waals surface area contributed by atoms with Gasteiger partial charge in [-0.2, -0.15) is 0 Å². The Morgan fingerprint density at radius 2 is 0.469 bits per heavy atom. The van der Waals surface area contributed by atoms with Crippen molar-refractivity contribution in [3.63, 3.8) is 0 Å². The molecular formula is C54H104Al2Si8. The van der Waals surface area contributed by atoms with Gasteiger partial charge in [0, 0.05) is 64.6 Å². The van der Waals surface area contributed by atoms with Crippen LogP contribution in [0.4, 0.5) is 0 Å². The van der Waals surface area contributed by atoms with E-state index in [1.807, 2.05) is 0 Å². The lowest BCUT2D eigenvalue weighted by Gasteiger charge is -2.46. The van der Waals surface area contributed by atoms with Crippen LogP contribution in [0.3, 0.4) is 0 Å². The van der Waals surface area contributed by atoms with Crippen LogP contribution in [0.15, 0.2) is 48.6 Å². The molecule has 0 saturated carbocycles. The van der Waals surface area contributed by atoms with Crippen LogP contribution in [0.5, 0.6) is 0 Å². The van der Waals surface area contributed by atoms with Crippen molar-refractivity contribution in [3.05, 3.63) is 82.0 Å². The van der Waals surface area contributed by atoms with Crippen LogP contribution in [0.1, 0.15) is 95.6 Å². The molecule has 0 N–H and O–H groups in total. The van der Waals surface area contributed by atoms with Gasteiger partial charge in [-0.25, -0.2) is 0 Å². The summed E-state index contributed by atoms with van der Waals surface area (Å²) in [5, 5.41) is 2.96. The Hall–Kier alpha value is 0.720. The summed E-state index contributed by atoms with van der Waals surface area (Å²) in [6.07, 6.45) is 10.7. The van der Waals surface area contributed by atoms with E-state index in [1.54, 1.807) is 42.2 Å². The van der Waals surface area contributed by atoms with E-state index in [0.29, 0.717) is 9.56 Å². The molecule has 0 fully saturated rings. The Morgan fingerprint density at radius 3 is 0.594 bits per heavy atom. The number of rotatable bonds is 16. The van der Waals surface area contributed by atoms with Gasteiger partial charge in [0.15, 0.2) is 0 Å². The van der Waals surface area contributed by atoms with E-state index in [9.17, 15) is 0 Å². The standard InChI is InChI=1S/2C24H49Si4.C6H6.2Al/c2*1-24(2,3)21-19(22(25(4,5)6)26(7,8)9)17-16-18-20(21)23(27(10,11)12)28(13,14)15;1-2-4-6-5-3-1;;/h2*17-18,22-23H,1-15H3;1-6H;;. The molecule has 1 aliphatic carbocycles. The van der Waals surface area contributed by atoms with Gasteiger partial charge in [0.2, 0.25) is 0 Å². The van der Waals surface area contributed by atoms with E-state index in [4.69, 9.17) is 0 Å². The Bertz CT molecular complexity index is 1680. The summed E-state index contributed by atoms with van der Waals surface area (Å²) in [7, 11) is -12.4. The van der Waals surface area contributed by atoms with Crippen molar-refractivity contribution >= 4 is 104 Å². The van der Waals surface area contributed by atoms with E-state index in [0.717, 1.165) is 20.7 Å². The molecule has 2 aromatic carbocycles. The number of benzene rings is 2. The van der Waals surface area contributed by atoms with Gasteiger partial charge in [-0.15, -0.1) is 8.85 Å². The highest BCUT2D eigenvalue weighted by molar-refractivity contribution is 6.98. The van der Waals surface area contributed by atoms with Crippen LogP contribution in [0.25, 0.3) is 0 Å². The molecule has 0 nitrogen and oxygen atoms in total. The molecule has 64 heavy (non-hydrogen) atoms. The molecule has 0 aromatic heterocycles. The van der Waals surface area contributed by atoms with Crippen molar-refractivity contribution < 1.29 is 0 Å². The van der Waals surface area contributed by atoms with Crippen molar-refractivity contribution in [2.75, 3.05) is 0 Å². The first-order valence-corrected chi connectivity index (χ1v) is 56.6. The number of hydrogen-bond acceptors (Lipinski definition) is 0. The van der Waals surface area contributed by atoms with Crippen LogP contribution in [0.2, 0.25) is 167 Å². The fraction of sp³-hybridized carbons (Fsp3) is 0.704. The first-order chi connectivity index (χ1) is 28.1. The minimum atomic E-state index is -1.55. The van der Waals surface area contributed by atoms with E-state index in [1.165, 1.54) is 0 Å². The monoisotopic (exact) mass is 1030 g/mol. The highest BCUT2D eigenvalue weighted by atomic mass is 28.4. The first-order valence-electron chi connectivity index (χ1n) is 25.5. The van der Waals surface area contributed by atoms with Gasteiger partial charge in [-0.05, 0) is 64.9 Å². The maximum atomic E-state index is 2.83. The maximum absolute atomic E-state index is 2.83. The van der Waals surface area contributed by atoms with Crippen LogP contribution in [-0.2, 0) is 10.8 Å². The molecule has 0 unspecified atom stereocenters. The van der Waals surface area contributed by atoms with Gasteiger partial charge in [0.25, 0.3) is 30.4 Å². The molecule has 0 heterocycles. The zero-order valence-corrected chi connectivity index (χ0v) is 58.5. The van der Waals surface area contributed by atoms with Gasteiger partial charge in [-0.3, -0.25) is 0 Å². The van der Waals surface area contributed by atoms with Gasteiger partial charge < -0.3 is 0 Å². The van der Waals surface area contributed by atoms with Crippen LogP contribution < -0.4 is 8.85 Å². The summed E-state index contributed by atoms with van der Waals surface area (Å²) < 4.78 is 4.44. The molecule has 0 bridgehead atoms.